The Balaban J connectivity index is 1.69. The van der Waals surface area contributed by atoms with E-state index in [9.17, 15) is 0 Å². The molecule has 112 valence electrons. The van der Waals surface area contributed by atoms with Gasteiger partial charge >= 0.3 is 17.2 Å². The number of hydrogen-bond donors (Lipinski definition) is 0. The molecule has 2 heterocycles. The molecule has 2 saturated heterocycles. The highest BCUT2D eigenvalue weighted by Crippen LogP contribution is 2.52. The van der Waals surface area contributed by atoms with Crippen LogP contribution in [0, 0.1) is 5.41 Å². The molecule has 0 N–H and O–H groups in total. The summed E-state index contributed by atoms with van der Waals surface area (Å²) in [5.74, 6) is 0.843. The Hall–Kier alpha value is 1.20. The Morgan fingerprint density at radius 3 is 1.47 bits per heavy atom. The molecule has 2 aliphatic rings. The maximum absolute atomic E-state index is 5.54. The van der Waals surface area contributed by atoms with Crippen molar-refractivity contribution in [2.45, 2.75) is 0 Å². The van der Waals surface area contributed by atoms with Gasteiger partial charge in [-0.05, 0) is 0 Å². The van der Waals surface area contributed by atoms with Crippen molar-refractivity contribution in [3.8, 4) is 0 Å². The summed E-state index contributed by atoms with van der Waals surface area (Å²) >= 11 is 11.1. The summed E-state index contributed by atoms with van der Waals surface area (Å²) in [5.41, 5.74) is -0.272. The van der Waals surface area contributed by atoms with Gasteiger partial charge in [0.1, 0.15) is 0 Å². The van der Waals surface area contributed by atoms with E-state index in [4.69, 9.17) is 50.3 Å². The Kier molecular flexibility index (Phi) is 7.50. The van der Waals surface area contributed by atoms with Gasteiger partial charge in [0, 0.05) is 11.8 Å². The zero-order valence-electron chi connectivity index (χ0n) is 10.3. The van der Waals surface area contributed by atoms with Gasteiger partial charge in [-0.25, -0.2) is 0 Å². The molecule has 0 aromatic rings. The van der Waals surface area contributed by atoms with E-state index >= 15 is 0 Å². The maximum Gasteiger partial charge on any atom is 0.332 e. The van der Waals surface area contributed by atoms with Crippen molar-refractivity contribution in [2.24, 2.45) is 5.41 Å². The molecule has 10 heteroatoms. The molecule has 0 unspecified atom stereocenters. The van der Waals surface area contributed by atoms with E-state index in [-0.39, 0.29) is 5.41 Å². The third-order valence-corrected chi connectivity index (χ3v) is 4.91. The smallest absolute Gasteiger partial charge is 0.311 e. The van der Waals surface area contributed by atoms with E-state index in [1.807, 2.05) is 0 Å². The van der Waals surface area contributed by atoms with E-state index in [1.54, 1.807) is 0 Å². The first-order valence-corrected chi connectivity index (χ1v) is 9.04. The number of hydrogen-bond acceptors (Lipinski definition) is 6. The number of rotatable bonds is 6. The SMILES string of the molecule is ClCCOP1OCC2(CO1)COP(OCCCl)OC2. The minimum Gasteiger partial charge on any atom is -0.311 e. The van der Waals surface area contributed by atoms with Gasteiger partial charge in [-0.1, -0.05) is 0 Å². The fraction of sp³-hybridized carbons (Fsp3) is 1.00. The van der Waals surface area contributed by atoms with Crippen LogP contribution in [-0.4, -0.2) is 51.4 Å². The van der Waals surface area contributed by atoms with Crippen LogP contribution in [0.5, 0.6) is 0 Å². The molecule has 0 amide bonds. The lowest BCUT2D eigenvalue weighted by atomic mass is 9.93. The summed E-state index contributed by atoms with van der Waals surface area (Å²) in [6.07, 6.45) is 0. The van der Waals surface area contributed by atoms with Crippen LogP contribution in [-0.2, 0) is 27.1 Å². The highest BCUT2D eigenvalue weighted by molar-refractivity contribution is 7.42. The average molecular weight is 353 g/mol. The van der Waals surface area contributed by atoms with Crippen molar-refractivity contribution in [3.05, 3.63) is 0 Å². The van der Waals surface area contributed by atoms with Crippen molar-refractivity contribution in [2.75, 3.05) is 51.4 Å². The first-order chi connectivity index (χ1) is 9.28. The molecule has 0 saturated carbocycles. The van der Waals surface area contributed by atoms with Crippen LogP contribution in [0.2, 0.25) is 0 Å². The Morgan fingerprint density at radius 2 is 1.16 bits per heavy atom. The Morgan fingerprint density at radius 1 is 0.789 bits per heavy atom. The molecular weight excluding hydrogens is 337 g/mol. The van der Waals surface area contributed by atoms with Crippen LogP contribution in [0.15, 0.2) is 0 Å². The fourth-order valence-corrected chi connectivity index (χ4v) is 4.26. The third-order valence-electron chi connectivity index (χ3n) is 2.45. The summed E-state index contributed by atoms with van der Waals surface area (Å²) in [6.45, 7) is 2.79. The van der Waals surface area contributed by atoms with Crippen molar-refractivity contribution in [1.29, 1.82) is 0 Å². The van der Waals surface area contributed by atoms with Gasteiger partial charge in [0.15, 0.2) is 0 Å². The largest absolute Gasteiger partial charge is 0.332 e. The topological polar surface area (TPSA) is 55.4 Å². The van der Waals surface area contributed by atoms with Gasteiger partial charge in [0.05, 0.1) is 45.1 Å². The molecule has 0 bridgehead atoms. The third kappa shape index (κ3) is 5.15. The molecule has 0 aliphatic carbocycles. The molecular formula is C9H16Cl2O6P2. The standard InChI is InChI=1S/C9H16Cl2O6P2/c10-1-3-12-18-14-5-9(6-15-18)7-16-19(17-8-9)13-4-2-11/h1-8H2. The monoisotopic (exact) mass is 352 g/mol. The van der Waals surface area contributed by atoms with Crippen LogP contribution in [0.3, 0.4) is 0 Å². The van der Waals surface area contributed by atoms with Crippen molar-refractivity contribution in [1.82, 2.24) is 0 Å². The van der Waals surface area contributed by atoms with Crippen molar-refractivity contribution in [3.63, 3.8) is 0 Å². The molecule has 19 heavy (non-hydrogen) atoms. The first-order valence-electron chi connectivity index (χ1n) is 5.78. The summed E-state index contributed by atoms with van der Waals surface area (Å²) in [7, 11) is -2.58. The van der Waals surface area contributed by atoms with Gasteiger partial charge < -0.3 is 27.1 Å². The molecule has 2 fully saturated rings. The highest BCUT2D eigenvalue weighted by atomic mass is 35.5. The van der Waals surface area contributed by atoms with Crippen molar-refractivity contribution >= 4 is 40.4 Å². The molecule has 0 atom stereocenters. The molecule has 1 spiro atoms. The average Bonchev–Trinajstić information content (AvgIpc) is 2.46. The predicted octanol–water partition coefficient (Wildman–Crippen LogP) is 3.03. The normalized spacial score (nSPS) is 35.7. The lowest BCUT2D eigenvalue weighted by Crippen LogP contribution is -2.44. The van der Waals surface area contributed by atoms with Crippen LogP contribution in [0.1, 0.15) is 0 Å². The van der Waals surface area contributed by atoms with Crippen molar-refractivity contribution < 1.29 is 27.1 Å². The van der Waals surface area contributed by atoms with Gasteiger partial charge in [-0.2, -0.15) is 0 Å². The molecule has 0 aromatic heterocycles. The lowest BCUT2D eigenvalue weighted by molar-refractivity contribution is -0.0752. The predicted molar refractivity (Wildman–Crippen MR) is 73.4 cm³/mol. The lowest BCUT2D eigenvalue weighted by Gasteiger charge is -2.41. The number of halogens is 2. The Labute approximate surface area is 124 Å². The van der Waals surface area contributed by atoms with Crippen LogP contribution in [0.25, 0.3) is 0 Å². The van der Waals surface area contributed by atoms with Gasteiger partial charge in [-0.3, -0.25) is 0 Å². The van der Waals surface area contributed by atoms with Gasteiger partial charge in [-0.15, -0.1) is 23.2 Å². The van der Waals surface area contributed by atoms with E-state index in [1.165, 1.54) is 0 Å². The maximum atomic E-state index is 5.54. The van der Waals surface area contributed by atoms with Gasteiger partial charge in [0.25, 0.3) is 0 Å². The summed E-state index contributed by atoms with van der Waals surface area (Å²) in [5, 5.41) is 0. The summed E-state index contributed by atoms with van der Waals surface area (Å²) < 4.78 is 32.8. The second-order valence-electron chi connectivity index (χ2n) is 4.09. The minimum atomic E-state index is -1.29. The molecule has 2 rings (SSSR count). The molecule has 6 nitrogen and oxygen atoms in total. The van der Waals surface area contributed by atoms with Gasteiger partial charge in [0.2, 0.25) is 0 Å². The zero-order chi connectivity index (χ0) is 13.6. The quantitative estimate of drug-likeness (QED) is 0.541. The second-order valence-corrected chi connectivity index (χ2v) is 7.28. The molecule has 0 aromatic carbocycles. The summed E-state index contributed by atoms with van der Waals surface area (Å²) in [6, 6.07) is 0. The highest BCUT2D eigenvalue weighted by Gasteiger charge is 2.43. The van der Waals surface area contributed by atoms with E-state index in [2.05, 4.69) is 0 Å². The van der Waals surface area contributed by atoms with E-state index in [0.717, 1.165) is 0 Å². The minimum absolute atomic E-state index is 0.272. The van der Waals surface area contributed by atoms with E-state index in [0.29, 0.717) is 51.4 Å². The van der Waals surface area contributed by atoms with E-state index < -0.39 is 17.2 Å². The van der Waals surface area contributed by atoms with Crippen LogP contribution in [0.4, 0.5) is 0 Å². The van der Waals surface area contributed by atoms with Crippen LogP contribution < -0.4 is 0 Å². The second kappa shape index (κ2) is 8.60. The fourth-order valence-electron chi connectivity index (χ4n) is 1.45. The first kappa shape index (κ1) is 16.6. The Bertz CT molecular complexity index is 230. The number of alkyl halides is 2. The van der Waals surface area contributed by atoms with Crippen LogP contribution >= 0.6 is 40.4 Å². The molecule has 2 aliphatic heterocycles. The summed E-state index contributed by atoms with van der Waals surface area (Å²) in [4.78, 5) is 0. The zero-order valence-corrected chi connectivity index (χ0v) is 13.6. The molecule has 0 radical (unpaired) electrons.